The number of hydrogen-bond donors (Lipinski definition) is 0. The van der Waals surface area contributed by atoms with Gasteiger partial charge in [-0.25, -0.2) is 0 Å². The van der Waals surface area contributed by atoms with Gasteiger partial charge in [-0.1, -0.05) is 91.0 Å². The molecule has 3 aromatic rings. The third-order valence-electron chi connectivity index (χ3n) is 5.66. The van der Waals surface area contributed by atoms with Crippen LogP contribution in [0.15, 0.2) is 91.0 Å². The molecule has 1 amide bonds. The number of nitrogens with zero attached hydrogens (tertiary/aromatic N) is 2. The molecule has 0 saturated carbocycles. The summed E-state index contributed by atoms with van der Waals surface area (Å²) in [6.45, 7) is 3.27. The Hall–Kier alpha value is -2.91. The Balaban J connectivity index is 1.51. The second kappa shape index (κ2) is 9.53. The molecule has 0 spiro atoms. The van der Waals surface area contributed by atoms with E-state index in [0.29, 0.717) is 19.0 Å². The Kier molecular flexibility index (Phi) is 6.38. The highest BCUT2D eigenvalue weighted by Gasteiger charge is 2.29. The number of hydrogen-bond acceptors (Lipinski definition) is 2. The van der Waals surface area contributed by atoms with E-state index in [1.165, 1.54) is 16.7 Å². The minimum absolute atomic E-state index is 0.268. The normalized spacial score (nSPS) is 16.9. The zero-order valence-corrected chi connectivity index (χ0v) is 16.8. The molecule has 0 N–H and O–H groups in total. The number of piperidine rings is 1. The lowest BCUT2D eigenvalue weighted by atomic mass is 10.0. The van der Waals surface area contributed by atoms with Gasteiger partial charge in [0.25, 0.3) is 0 Å². The van der Waals surface area contributed by atoms with Crippen molar-refractivity contribution in [2.75, 3.05) is 6.54 Å². The molecule has 0 radical (unpaired) electrons. The zero-order chi connectivity index (χ0) is 19.9. The van der Waals surface area contributed by atoms with Gasteiger partial charge in [-0.3, -0.25) is 9.69 Å². The molecule has 1 fully saturated rings. The molecule has 0 bridgehead atoms. The lowest BCUT2D eigenvalue weighted by molar-refractivity contribution is -0.136. The van der Waals surface area contributed by atoms with Crippen LogP contribution < -0.4 is 0 Å². The molecule has 1 atom stereocenters. The van der Waals surface area contributed by atoms with Gasteiger partial charge < -0.3 is 4.90 Å². The van der Waals surface area contributed by atoms with E-state index >= 15 is 0 Å². The molecule has 0 aromatic heterocycles. The molecule has 0 aliphatic carbocycles. The van der Waals surface area contributed by atoms with E-state index in [0.717, 1.165) is 26.1 Å². The van der Waals surface area contributed by atoms with Crippen LogP contribution >= 0.6 is 0 Å². The van der Waals surface area contributed by atoms with Crippen molar-refractivity contribution >= 4 is 5.91 Å². The third-order valence-corrected chi connectivity index (χ3v) is 5.66. The van der Waals surface area contributed by atoms with E-state index in [1.54, 1.807) is 0 Å². The number of likely N-dealkylation sites (tertiary alicyclic amines) is 1. The van der Waals surface area contributed by atoms with E-state index < -0.39 is 0 Å². The standard InChI is InChI=1S/C26H28N2O/c29-26-17-16-25(21-28(26)20-24-14-8-3-9-15-24)27(18-22-10-4-1-5-11-22)19-23-12-6-2-7-13-23/h1-15,25H,16-21H2/t25-/m1/s1. The van der Waals surface area contributed by atoms with Crippen LogP contribution in [0.2, 0.25) is 0 Å². The fraction of sp³-hybridized carbons (Fsp3) is 0.269. The second-order valence-electron chi connectivity index (χ2n) is 7.83. The molecule has 3 aromatic carbocycles. The first-order valence-electron chi connectivity index (χ1n) is 10.4. The molecule has 1 heterocycles. The predicted molar refractivity (Wildman–Crippen MR) is 117 cm³/mol. The zero-order valence-electron chi connectivity index (χ0n) is 16.8. The fourth-order valence-electron chi connectivity index (χ4n) is 4.10. The van der Waals surface area contributed by atoms with Crippen LogP contribution in [0.5, 0.6) is 0 Å². The first-order valence-corrected chi connectivity index (χ1v) is 10.4. The molecule has 1 aliphatic rings. The van der Waals surface area contributed by atoms with Gasteiger partial charge in [0, 0.05) is 38.6 Å². The number of rotatable bonds is 7. The molecule has 1 saturated heterocycles. The Labute approximate surface area is 173 Å². The van der Waals surface area contributed by atoms with Crippen LogP contribution in [-0.4, -0.2) is 28.3 Å². The van der Waals surface area contributed by atoms with Gasteiger partial charge in [0.05, 0.1) is 0 Å². The summed E-state index contributed by atoms with van der Waals surface area (Å²) in [6, 6.07) is 31.9. The highest BCUT2D eigenvalue weighted by atomic mass is 16.2. The summed E-state index contributed by atoms with van der Waals surface area (Å²) < 4.78 is 0. The van der Waals surface area contributed by atoms with Crippen molar-refractivity contribution in [2.24, 2.45) is 0 Å². The van der Waals surface area contributed by atoms with E-state index in [1.807, 2.05) is 23.1 Å². The van der Waals surface area contributed by atoms with Gasteiger partial charge in [0.15, 0.2) is 0 Å². The Morgan fingerprint density at radius 2 is 1.21 bits per heavy atom. The quantitative estimate of drug-likeness (QED) is 0.580. The van der Waals surface area contributed by atoms with E-state index in [-0.39, 0.29) is 5.91 Å². The summed E-state index contributed by atoms with van der Waals surface area (Å²) in [4.78, 5) is 17.2. The molecule has 0 unspecified atom stereocenters. The molecule has 148 valence electrons. The third kappa shape index (κ3) is 5.33. The average Bonchev–Trinajstić information content (AvgIpc) is 2.77. The first-order chi connectivity index (χ1) is 14.3. The van der Waals surface area contributed by atoms with Crippen LogP contribution in [0.25, 0.3) is 0 Å². The van der Waals surface area contributed by atoms with Gasteiger partial charge in [0.2, 0.25) is 5.91 Å². The molecule has 1 aliphatic heterocycles. The molecule has 29 heavy (non-hydrogen) atoms. The highest BCUT2D eigenvalue weighted by molar-refractivity contribution is 5.77. The fourth-order valence-corrected chi connectivity index (χ4v) is 4.10. The number of carbonyl (C=O) groups is 1. The maximum absolute atomic E-state index is 12.6. The Bertz CT molecular complexity index is 854. The van der Waals surface area contributed by atoms with E-state index in [4.69, 9.17) is 0 Å². The molecular formula is C26H28N2O. The topological polar surface area (TPSA) is 23.6 Å². The average molecular weight is 385 g/mol. The minimum atomic E-state index is 0.268. The summed E-state index contributed by atoms with van der Waals surface area (Å²) >= 11 is 0. The molecular weight excluding hydrogens is 356 g/mol. The van der Waals surface area contributed by atoms with Gasteiger partial charge in [0.1, 0.15) is 0 Å². The lowest BCUT2D eigenvalue weighted by Crippen LogP contribution is -2.49. The highest BCUT2D eigenvalue weighted by Crippen LogP contribution is 2.23. The van der Waals surface area contributed by atoms with Crippen molar-refractivity contribution in [2.45, 2.75) is 38.5 Å². The molecule has 4 rings (SSSR count). The Morgan fingerprint density at radius 1 is 0.724 bits per heavy atom. The first kappa shape index (κ1) is 19.4. The van der Waals surface area contributed by atoms with Gasteiger partial charge in [-0.15, -0.1) is 0 Å². The Morgan fingerprint density at radius 3 is 1.72 bits per heavy atom. The van der Waals surface area contributed by atoms with Gasteiger partial charge in [-0.2, -0.15) is 0 Å². The molecule has 3 nitrogen and oxygen atoms in total. The minimum Gasteiger partial charge on any atom is -0.337 e. The van der Waals surface area contributed by atoms with Gasteiger partial charge in [-0.05, 0) is 23.1 Å². The van der Waals surface area contributed by atoms with Crippen molar-refractivity contribution in [3.63, 3.8) is 0 Å². The predicted octanol–water partition coefficient (Wildman–Crippen LogP) is 4.88. The number of amides is 1. The van der Waals surface area contributed by atoms with Crippen molar-refractivity contribution < 1.29 is 4.79 Å². The van der Waals surface area contributed by atoms with E-state index in [2.05, 4.69) is 77.7 Å². The summed E-state index contributed by atoms with van der Waals surface area (Å²) in [5.41, 5.74) is 3.82. The summed E-state index contributed by atoms with van der Waals surface area (Å²) in [5, 5.41) is 0. The van der Waals surface area contributed by atoms with Crippen LogP contribution in [-0.2, 0) is 24.4 Å². The van der Waals surface area contributed by atoms with E-state index in [9.17, 15) is 4.79 Å². The summed E-state index contributed by atoms with van der Waals surface area (Å²) in [5.74, 6) is 0.268. The van der Waals surface area contributed by atoms with Crippen LogP contribution in [0.4, 0.5) is 0 Å². The summed E-state index contributed by atoms with van der Waals surface area (Å²) in [6.07, 6.45) is 1.54. The van der Waals surface area contributed by atoms with Crippen molar-refractivity contribution in [1.29, 1.82) is 0 Å². The maximum atomic E-state index is 12.6. The second-order valence-corrected chi connectivity index (χ2v) is 7.83. The largest absolute Gasteiger partial charge is 0.337 e. The SMILES string of the molecule is O=C1CC[C@@H](N(Cc2ccccc2)Cc2ccccc2)CN1Cc1ccccc1. The number of benzene rings is 3. The van der Waals surface area contributed by atoms with Crippen LogP contribution in [0, 0.1) is 0 Å². The van der Waals surface area contributed by atoms with Crippen LogP contribution in [0.3, 0.4) is 0 Å². The monoisotopic (exact) mass is 384 g/mol. The smallest absolute Gasteiger partial charge is 0.222 e. The molecule has 3 heteroatoms. The number of carbonyl (C=O) groups excluding carboxylic acids is 1. The van der Waals surface area contributed by atoms with Crippen molar-refractivity contribution in [3.05, 3.63) is 108 Å². The van der Waals surface area contributed by atoms with Crippen molar-refractivity contribution in [1.82, 2.24) is 9.80 Å². The van der Waals surface area contributed by atoms with Crippen LogP contribution in [0.1, 0.15) is 29.5 Å². The summed E-state index contributed by atoms with van der Waals surface area (Å²) in [7, 11) is 0. The van der Waals surface area contributed by atoms with Gasteiger partial charge >= 0.3 is 0 Å². The lowest BCUT2D eigenvalue weighted by Gasteiger charge is -2.39. The van der Waals surface area contributed by atoms with Crippen molar-refractivity contribution in [3.8, 4) is 0 Å². The maximum Gasteiger partial charge on any atom is 0.222 e.